The second-order valence-corrected chi connectivity index (χ2v) is 5.05. The maximum Gasteiger partial charge on any atom is 0.261 e. The Kier molecular flexibility index (Phi) is 4.72. The minimum atomic E-state index is -0.211. The molecule has 0 spiro atoms. The molecule has 6 heteroatoms. The van der Waals surface area contributed by atoms with E-state index < -0.39 is 0 Å². The lowest BCUT2D eigenvalue weighted by Crippen LogP contribution is -2.39. The van der Waals surface area contributed by atoms with E-state index in [0.717, 1.165) is 19.4 Å². The quantitative estimate of drug-likeness (QED) is 0.829. The maximum absolute atomic E-state index is 11.6. The van der Waals surface area contributed by atoms with Crippen LogP contribution in [-0.2, 0) is 9.53 Å². The zero-order valence-corrected chi connectivity index (χ0v) is 10.8. The van der Waals surface area contributed by atoms with Crippen LogP contribution in [0.4, 0.5) is 0 Å². The van der Waals surface area contributed by atoms with E-state index in [4.69, 9.17) is 4.74 Å². The van der Waals surface area contributed by atoms with E-state index >= 15 is 0 Å². The third-order valence-electron chi connectivity index (χ3n) is 2.71. The number of rotatable bonds is 5. The highest BCUT2D eigenvalue weighted by Crippen LogP contribution is 2.10. The molecule has 2 amide bonds. The van der Waals surface area contributed by atoms with Crippen LogP contribution in [0, 0.1) is 0 Å². The summed E-state index contributed by atoms with van der Waals surface area (Å²) in [6.45, 7) is 1.30. The van der Waals surface area contributed by atoms with Crippen LogP contribution in [0.15, 0.2) is 17.5 Å². The lowest BCUT2D eigenvalue weighted by molar-refractivity contribution is -0.120. The molecule has 2 heterocycles. The van der Waals surface area contributed by atoms with Crippen molar-refractivity contribution in [3.8, 4) is 0 Å². The van der Waals surface area contributed by atoms with E-state index in [0.29, 0.717) is 11.4 Å². The van der Waals surface area contributed by atoms with Gasteiger partial charge in [-0.05, 0) is 24.3 Å². The summed E-state index contributed by atoms with van der Waals surface area (Å²) < 4.78 is 5.39. The van der Waals surface area contributed by atoms with Gasteiger partial charge in [-0.2, -0.15) is 0 Å². The van der Waals surface area contributed by atoms with Crippen molar-refractivity contribution in [1.82, 2.24) is 10.6 Å². The maximum atomic E-state index is 11.6. The van der Waals surface area contributed by atoms with E-state index in [1.54, 1.807) is 12.1 Å². The van der Waals surface area contributed by atoms with Crippen molar-refractivity contribution in [3.05, 3.63) is 22.4 Å². The third-order valence-corrected chi connectivity index (χ3v) is 3.57. The standard InChI is InChI=1S/C12H16N2O3S/c15-11(13-7-9-3-1-5-17-9)8-14-12(16)10-4-2-6-18-10/h2,4,6,9H,1,3,5,7-8H2,(H,13,15)(H,14,16). The van der Waals surface area contributed by atoms with Crippen molar-refractivity contribution >= 4 is 23.2 Å². The van der Waals surface area contributed by atoms with Gasteiger partial charge in [-0.15, -0.1) is 11.3 Å². The molecule has 0 aliphatic carbocycles. The molecule has 0 bridgehead atoms. The first-order chi connectivity index (χ1) is 8.75. The Balaban J connectivity index is 1.63. The number of nitrogens with one attached hydrogen (secondary N) is 2. The molecule has 1 unspecified atom stereocenters. The highest BCUT2D eigenvalue weighted by atomic mass is 32.1. The Morgan fingerprint density at radius 1 is 1.44 bits per heavy atom. The molecule has 0 radical (unpaired) electrons. The fourth-order valence-corrected chi connectivity index (χ4v) is 2.39. The van der Waals surface area contributed by atoms with E-state index in [9.17, 15) is 9.59 Å². The molecule has 1 atom stereocenters. The predicted molar refractivity (Wildman–Crippen MR) is 68.6 cm³/mol. The van der Waals surface area contributed by atoms with Gasteiger partial charge in [0.1, 0.15) is 0 Å². The molecule has 5 nitrogen and oxygen atoms in total. The minimum absolute atomic E-state index is 0.00343. The van der Waals surface area contributed by atoms with Crippen LogP contribution in [-0.4, -0.2) is 37.6 Å². The Labute approximate surface area is 110 Å². The molecular weight excluding hydrogens is 252 g/mol. The lowest BCUT2D eigenvalue weighted by atomic mass is 10.2. The fraction of sp³-hybridized carbons (Fsp3) is 0.500. The molecule has 0 aromatic carbocycles. The van der Waals surface area contributed by atoms with Gasteiger partial charge in [-0.1, -0.05) is 6.07 Å². The average molecular weight is 268 g/mol. The number of thiophene rings is 1. The molecular formula is C12H16N2O3S. The van der Waals surface area contributed by atoms with Crippen LogP contribution in [0.1, 0.15) is 22.5 Å². The third kappa shape index (κ3) is 3.82. The number of carbonyl (C=O) groups excluding carboxylic acids is 2. The summed E-state index contributed by atoms with van der Waals surface area (Å²) in [5.74, 6) is -0.396. The predicted octanol–water partition coefficient (Wildman–Crippen LogP) is 0.773. The van der Waals surface area contributed by atoms with Crippen LogP contribution >= 0.6 is 11.3 Å². The van der Waals surface area contributed by atoms with Crippen molar-refractivity contribution < 1.29 is 14.3 Å². The molecule has 2 rings (SSSR count). The Hall–Kier alpha value is -1.40. The van der Waals surface area contributed by atoms with Crippen molar-refractivity contribution in [2.45, 2.75) is 18.9 Å². The minimum Gasteiger partial charge on any atom is -0.376 e. The van der Waals surface area contributed by atoms with Crippen molar-refractivity contribution in [2.75, 3.05) is 19.7 Å². The first-order valence-electron chi connectivity index (χ1n) is 5.95. The van der Waals surface area contributed by atoms with Gasteiger partial charge in [-0.3, -0.25) is 9.59 Å². The summed E-state index contributed by atoms with van der Waals surface area (Å²) in [7, 11) is 0. The molecule has 1 fully saturated rings. The zero-order valence-electron chi connectivity index (χ0n) is 9.98. The summed E-state index contributed by atoms with van der Waals surface area (Å²) >= 11 is 1.35. The van der Waals surface area contributed by atoms with Crippen LogP contribution in [0.3, 0.4) is 0 Å². The second-order valence-electron chi connectivity index (χ2n) is 4.10. The van der Waals surface area contributed by atoms with E-state index in [2.05, 4.69) is 10.6 Å². The van der Waals surface area contributed by atoms with Crippen molar-refractivity contribution in [3.63, 3.8) is 0 Å². The molecule has 98 valence electrons. The average Bonchev–Trinajstić information content (AvgIpc) is 3.05. The summed E-state index contributed by atoms with van der Waals surface area (Å²) in [6, 6.07) is 3.53. The van der Waals surface area contributed by atoms with Gasteiger partial charge < -0.3 is 15.4 Å². The molecule has 1 aromatic rings. The van der Waals surface area contributed by atoms with Crippen LogP contribution in [0.2, 0.25) is 0 Å². The summed E-state index contributed by atoms with van der Waals surface area (Å²) in [5, 5.41) is 7.15. The zero-order chi connectivity index (χ0) is 12.8. The van der Waals surface area contributed by atoms with Gasteiger partial charge in [0, 0.05) is 13.2 Å². The van der Waals surface area contributed by atoms with Crippen LogP contribution in [0.25, 0.3) is 0 Å². The Morgan fingerprint density at radius 3 is 3.00 bits per heavy atom. The number of amides is 2. The Bertz CT molecular complexity index is 399. The number of hydrogen-bond acceptors (Lipinski definition) is 4. The monoisotopic (exact) mass is 268 g/mol. The highest BCUT2D eigenvalue weighted by molar-refractivity contribution is 7.12. The van der Waals surface area contributed by atoms with Crippen LogP contribution < -0.4 is 10.6 Å². The molecule has 18 heavy (non-hydrogen) atoms. The van der Waals surface area contributed by atoms with Gasteiger partial charge in [0.25, 0.3) is 5.91 Å². The first kappa shape index (κ1) is 13.0. The molecule has 1 aromatic heterocycles. The summed E-state index contributed by atoms with van der Waals surface area (Å²) in [6.07, 6.45) is 2.17. The van der Waals surface area contributed by atoms with Gasteiger partial charge in [0.2, 0.25) is 5.91 Å². The van der Waals surface area contributed by atoms with E-state index in [1.807, 2.05) is 5.38 Å². The second kappa shape index (κ2) is 6.51. The summed E-state index contributed by atoms with van der Waals surface area (Å²) in [4.78, 5) is 23.7. The Morgan fingerprint density at radius 2 is 2.33 bits per heavy atom. The van der Waals surface area contributed by atoms with Gasteiger partial charge in [0.15, 0.2) is 0 Å². The number of ether oxygens (including phenoxy) is 1. The van der Waals surface area contributed by atoms with Crippen molar-refractivity contribution in [2.24, 2.45) is 0 Å². The molecule has 1 saturated heterocycles. The largest absolute Gasteiger partial charge is 0.376 e. The summed E-state index contributed by atoms with van der Waals surface area (Å²) in [5.41, 5.74) is 0. The molecule has 1 aliphatic rings. The van der Waals surface area contributed by atoms with Crippen molar-refractivity contribution in [1.29, 1.82) is 0 Å². The lowest BCUT2D eigenvalue weighted by Gasteiger charge is -2.10. The van der Waals surface area contributed by atoms with Gasteiger partial charge >= 0.3 is 0 Å². The number of carbonyl (C=O) groups is 2. The van der Waals surface area contributed by atoms with Gasteiger partial charge in [0.05, 0.1) is 17.5 Å². The topological polar surface area (TPSA) is 67.4 Å². The fourth-order valence-electron chi connectivity index (χ4n) is 1.75. The SMILES string of the molecule is O=C(CNC(=O)c1cccs1)NCC1CCCO1. The normalized spacial score (nSPS) is 18.6. The van der Waals surface area contributed by atoms with E-state index in [1.165, 1.54) is 11.3 Å². The van der Waals surface area contributed by atoms with Crippen LogP contribution in [0.5, 0.6) is 0 Å². The molecule has 2 N–H and O–H groups in total. The van der Waals surface area contributed by atoms with Gasteiger partial charge in [-0.25, -0.2) is 0 Å². The smallest absolute Gasteiger partial charge is 0.261 e. The number of hydrogen-bond donors (Lipinski definition) is 2. The molecule has 0 saturated carbocycles. The van der Waals surface area contributed by atoms with E-state index in [-0.39, 0.29) is 24.5 Å². The molecule has 1 aliphatic heterocycles. The highest BCUT2D eigenvalue weighted by Gasteiger charge is 2.16. The first-order valence-corrected chi connectivity index (χ1v) is 6.83.